The van der Waals surface area contributed by atoms with Crippen LogP contribution in [0.25, 0.3) is 39.0 Å². The molecule has 13 heteroatoms. The molecule has 8 rings (SSSR count). The van der Waals surface area contributed by atoms with Gasteiger partial charge in [0.15, 0.2) is 12.4 Å². The molecule has 0 aliphatic carbocycles. The number of carbonyl (C=O) groups is 1. The summed E-state index contributed by atoms with van der Waals surface area (Å²) in [5.41, 5.74) is 3.82. The zero-order valence-corrected chi connectivity index (χ0v) is 29.1. The fourth-order valence-electron chi connectivity index (χ4n) is 8.49. The fraction of sp³-hybridized carbons (Fsp3) is 0.474. The van der Waals surface area contributed by atoms with Crippen molar-refractivity contribution in [3.63, 3.8) is 0 Å². The molecule has 0 radical (unpaired) electrons. The van der Waals surface area contributed by atoms with Gasteiger partial charge in [-0.15, -0.1) is 0 Å². The van der Waals surface area contributed by atoms with Crippen molar-refractivity contribution in [2.45, 2.75) is 45.3 Å². The number of piperidine rings is 1. The van der Waals surface area contributed by atoms with Crippen LogP contribution >= 0.6 is 0 Å². The smallest absolute Gasteiger partial charge is 0.422 e. The molecule has 10 nitrogen and oxygen atoms in total. The van der Waals surface area contributed by atoms with Gasteiger partial charge in [-0.1, -0.05) is 32.2 Å². The first kappa shape index (κ1) is 33.5. The van der Waals surface area contributed by atoms with Crippen LogP contribution in [0, 0.1) is 18.3 Å². The van der Waals surface area contributed by atoms with E-state index in [0.29, 0.717) is 77.5 Å². The Hall–Kier alpha value is -4.65. The number of H-pyrrole nitrogens is 1. The largest absolute Gasteiger partial charge is 0.481 e. The van der Waals surface area contributed by atoms with Crippen molar-refractivity contribution in [3.05, 3.63) is 54.8 Å². The van der Waals surface area contributed by atoms with Crippen molar-refractivity contribution in [2.75, 3.05) is 68.8 Å². The lowest BCUT2D eigenvalue weighted by Gasteiger charge is -2.54. The van der Waals surface area contributed by atoms with Crippen LogP contribution in [-0.2, 0) is 4.79 Å². The first-order chi connectivity index (χ1) is 24.5. The summed E-state index contributed by atoms with van der Waals surface area (Å²) in [5.74, 6) is 1.83. The molecule has 6 heterocycles. The second-order valence-corrected chi connectivity index (χ2v) is 14.9. The molecule has 1 atom stereocenters. The van der Waals surface area contributed by atoms with Gasteiger partial charge in [0.05, 0.1) is 11.7 Å². The number of amides is 1. The van der Waals surface area contributed by atoms with Crippen LogP contribution in [-0.4, -0.2) is 107 Å². The highest BCUT2D eigenvalue weighted by Gasteiger charge is 2.47. The van der Waals surface area contributed by atoms with Gasteiger partial charge < -0.3 is 19.4 Å². The molecule has 4 aliphatic heterocycles. The minimum atomic E-state index is -4.58. The maximum atomic E-state index is 14.0. The minimum Gasteiger partial charge on any atom is -0.481 e. The van der Waals surface area contributed by atoms with E-state index in [1.54, 1.807) is 12.3 Å². The molecular formula is C38H43F3N8O2. The average molecular weight is 701 g/mol. The summed E-state index contributed by atoms with van der Waals surface area (Å²) in [5, 5.41) is 8.61. The second-order valence-electron chi connectivity index (χ2n) is 14.9. The Bertz CT molecular complexity index is 2020. The Morgan fingerprint density at radius 2 is 1.82 bits per heavy atom. The quantitative estimate of drug-likeness (QED) is 0.217. The predicted octanol–water partition coefficient (Wildman–Crippen LogP) is 6.21. The molecule has 0 bridgehead atoms. The molecular weight excluding hydrogens is 657 g/mol. The van der Waals surface area contributed by atoms with Gasteiger partial charge >= 0.3 is 6.18 Å². The van der Waals surface area contributed by atoms with Gasteiger partial charge in [0.1, 0.15) is 11.3 Å². The van der Waals surface area contributed by atoms with Crippen molar-refractivity contribution < 1.29 is 22.7 Å². The second kappa shape index (κ2) is 12.5. The average Bonchev–Trinajstić information content (AvgIpc) is 3.73. The van der Waals surface area contributed by atoms with E-state index in [4.69, 9.17) is 14.7 Å². The number of hydrogen-bond acceptors (Lipinski definition) is 8. The van der Waals surface area contributed by atoms with Crippen LogP contribution in [0.4, 0.5) is 24.9 Å². The van der Waals surface area contributed by atoms with Crippen molar-refractivity contribution >= 4 is 45.6 Å². The third kappa shape index (κ3) is 5.98. The minimum absolute atomic E-state index is 0.0413. The number of fused-ring (bicyclic) bond motifs is 2. The van der Waals surface area contributed by atoms with Gasteiger partial charge in [0, 0.05) is 73.6 Å². The van der Waals surface area contributed by atoms with E-state index < -0.39 is 12.8 Å². The predicted molar refractivity (Wildman–Crippen MR) is 193 cm³/mol. The molecule has 51 heavy (non-hydrogen) atoms. The van der Waals surface area contributed by atoms with Crippen LogP contribution in [0.3, 0.4) is 0 Å². The highest BCUT2D eigenvalue weighted by molar-refractivity contribution is 6.07. The number of aromatic amines is 1. The number of aryl methyl sites for hydroxylation is 1. The number of alkyl halides is 3. The molecule has 1 amide bonds. The number of likely N-dealkylation sites (tertiary alicyclic amines) is 2. The summed E-state index contributed by atoms with van der Waals surface area (Å²) >= 11 is 0. The van der Waals surface area contributed by atoms with E-state index in [2.05, 4.69) is 45.0 Å². The van der Waals surface area contributed by atoms with Gasteiger partial charge in [-0.2, -0.15) is 23.3 Å². The van der Waals surface area contributed by atoms with Gasteiger partial charge in [-0.3, -0.25) is 14.8 Å². The number of benzene rings is 2. The number of aromatic nitrogens is 4. The van der Waals surface area contributed by atoms with Gasteiger partial charge in [0.2, 0.25) is 11.9 Å². The van der Waals surface area contributed by atoms with Gasteiger partial charge in [0.25, 0.3) is 0 Å². The molecule has 4 fully saturated rings. The number of nitrogens with zero attached hydrogens (tertiary/aromatic N) is 7. The van der Waals surface area contributed by atoms with Crippen LogP contribution in [0.1, 0.15) is 37.3 Å². The molecule has 0 unspecified atom stereocenters. The lowest BCUT2D eigenvalue weighted by atomic mass is 9.72. The molecule has 4 saturated heterocycles. The van der Waals surface area contributed by atoms with E-state index in [-0.39, 0.29) is 17.1 Å². The molecule has 268 valence electrons. The number of ether oxygens (including phenoxy) is 1. The molecule has 0 saturated carbocycles. The maximum Gasteiger partial charge on any atom is 0.422 e. The van der Waals surface area contributed by atoms with Crippen molar-refractivity contribution in [1.82, 2.24) is 30.0 Å². The molecule has 2 aromatic heterocycles. The van der Waals surface area contributed by atoms with Crippen LogP contribution in [0.15, 0.2) is 43.6 Å². The number of anilines is 2. The molecule has 1 spiro atoms. The highest BCUT2D eigenvalue weighted by atomic mass is 19.4. The summed E-state index contributed by atoms with van der Waals surface area (Å²) < 4.78 is 47.8. The summed E-state index contributed by atoms with van der Waals surface area (Å²) in [6, 6.07) is 6.15. The number of nitrogens with one attached hydrogen (secondary N) is 1. The zero-order chi connectivity index (χ0) is 35.7. The molecule has 1 N–H and O–H groups in total. The Morgan fingerprint density at radius 1 is 1.06 bits per heavy atom. The Balaban J connectivity index is 1.26. The van der Waals surface area contributed by atoms with E-state index >= 15 is 0 Å². The van der Waals surface area contributed by atoms with Crippen molar-refractivity contribution in [2.24, 2.45) is 11.3 Å². The van der Waals surface area contributed by atoms with Crippen LogP contribution in [0.5, 0.6) is 5.75 Å². The Labute approximate surface area is 294 Å². The maximum absolute atomic E-state index is 14.0. The molecule has 4 aliphatic rings. The standard InChI is InChI=1S/C38H43F3N8O2/c1-5-25-15-27-33(34(51-22-38(39,40)41)32(25)31-24(4)7-8-29-28(31)16-42-45-29)43-36(48-18-26(19-48)47-12-9-23(3)17-47)44-35(27)46-13-10-37(11-14-46)20-49(21-37)30(50)6-2/h5-8,15-16,23,26H,1-2,9-14,17-22H2,3-4H3,(H,42,45)/t23-/m0/s1. The SMILES string of the molecule is C=CC(=O)N1CC2(CCN(c3nc(N4CC(N5CC[C@H](C)C5)C4)nc4c(OCC(F)(F)F)c(-c5c(C)ccc6[nH]ncc56)c(C=C)cc34)CC2)C1. The number of rotatable bonds is 8. The monoisotopic (exact) mass is 700 g/mol. The van der Waals surface area contributed by atoms with Crippen molar-refractivity contribution in [3.8, 4) is 16.9 Å². The van der Waals surface area contributed by atoms with Gasteiger partial charge in [-0.05, 0) is 73.5 Å². The number of hydrogen-bond donors (Lipinski definition) is 1. The number of halogens is 3. The third-order valence-corrected chi connectivity index (χ3v) is 11.4. The van der Waals surface area contributed by atoms with Crippen molar-refractivity contribution in [1.29, 1.82) is 0 Å². The highest BCUT2D eigenvalue weighted by Crippen LogP contribution is 2.48. The number of carbonyl (C=O) groups excluding carboxylic acids is 1. The van der Waals surface area contributed by atoms with Crippen LogP contribution < -0.4 is 14.5 Å². The lowest BCUT2D eigenvalue weighted by molar-refractivity contribution is -0.153. The molecule has 2 aromatic carbocycles. The van der Waals surface area contributed by atoms with E-state index in [1.807, 2.05) is 30.0 Å². The Morgan fingerprint density at radius 3 is 2.49 bits per heavy atom. The van der Waals surface area contributed by atoms with E-state index in [9.17, 15) is 18.0 Å². The van der Waals surface area contributed by atoms with Gasteiger partial charge in [-0.25, -0.2) is 4.98 Å². The third-order valence-electron chi connectivity index (χ3n) is 11.4. The fourth-order valence-corrected chi connectivity index (χ4v) is 8.49. The Kier molecular flexibility index (Phi) is 8.23. The first-order valence-corrected chi connectivity index (χ1v) is 17.7. The van der Waals surface area contributed by atoms with E-state index in [1.165, 1.54) is 12.5 Å². The van der Waals surface area contributed by atoms with E-state index in [0.717, 1.165) is 55.5 Å². The lowest BCUT2D eigenvalue weighted by Crippen LogP contribution is -2.61. The van der Waals surface area contributed by atoms with Crippen LogP contribution in [0.2, 0.25) is 0 Å². The first-order valence-electron chi connectivity index (χ1n) is 17.7. The molecule has 4 aromatic rings. The zero-order valence-electron chi connectivity index (χ0n) is 29.1. The summed E-state index contributed by atoms with van der Waals surface area (Å²) in [6.07, 6.45) is 3.03. The topological polar surface area (TPSA) is 93.7 Å². The normalized spacial score (nSPS) is 21.0. The summed E-state index contributed by atoms with van der Waals surface area (Å²) in [7, 11) is 0. The summed E-state index contributed by atoms with van der Waals surface area (Å²) in [6.45, 7) is 16.8. The summed E-state index contributed by atoms with van der Waals surface area (Å²) in [4.78, 5) is 31.1.